The molecular formula is C12H21N3O2S. The maximum atomic E-state index is 12.0. The van der Waals surface area contributed by atoms with Crippen LogP contribution in [0.4, 0.5) is 9.93 Å². The number of aliphatic hydroxyl groups is 1. The number of thiazole rings is 1. The highest BCUT2D eigenvalue weighted by Gasteiger charge is 2.13. The Morgan fingerprint density at radius 1 is 1.50 bits per heavy atom. The maximum absolute atomic E-state index is 12.0. The number of aliphatic hydroxyl groups excluding tert-OH is 1. The minimum Gasteiger partial charge on any atom is -0.395 e. The molecule has 6 heteroatoms. The smallest absolute Gasteiger partial charge is 0.323 e. The fraction of sp³-hybridized carbons (Fsp3) is 0.667. The summed E-state index contributed by atoms with van der Waals surface area (Å²) in [6.45, 7) is 5.08. The second kappa shape index (κ2) is 8.05. The minimum atomic E-state index is -0.186. The van der Waals surface area contributed by atoms with E-state index in [-0.39, 0.29) is 12.6 Å². The first kappa shape index (κ1) is 14.9. The van der Waals surface area contributed by atoms with Crippen LogP contribution >= 0.6 is 11.3 Å². The molecule has 1 aromatic rings. The van der Waals surface area contributed by atoms with Gasteiger partial charge in [0.1, 0.15) is 0 Å². The van der Waals surface area contributed by atoms with Crippen molar-refractivity contribution in [1.82, 2.24) is 9.88 Å². The van der Waals surface area contributed by atoms with Gasteiger partial charge in [-0.25, -0.2) is 9.78 Å². The number of unbranched alkanes of at least 4 members (excludes halogenated alkanes) is 2. The molecule has 1 heterocycles. The first-order valence-corrected chi connectivity index (χ1v) is 7.08. The number of amides is 2. The first-order chi connectivity index (χ1) is 8.67. The Morgan fingerprint density at radius 2 is 2.28 bits per heavy atom. The number of hydrogen-bond acceptors (Lipinski definition) is 4. The molecule has 102 valence electrons. The van der Waals surface area contributed by atoms with Crippen LogP contribution in [0, 0.1) is 6.92 Å². The molecule has 0 aliphatic carbocycles. The molecule has 1 rings (SSSR count). The number of aromatic nitrogens is 1. The molecule has 0 aromatic carbocycles. The zero-order chi connectivity index (χ0) is 13.4. The molecule has 0 bridgehead atoms. The topological polar surface area (TPSA) is 65.5 Å². The Kier molecular flexibility index (Phi) is 6.67. The number of anilines is 1. The summed E-state index contributed by atoms with van der Waals surface area (Å²) in [5.41, 5.74) is 0. The Bertz CT molecular complexity index is 368. The van der Waals surface area contributed by atoms with Gasteiger partial charge in [-0.05, 0) is 13.3 Å². The van der Waals surface area contributed by atoms with Crippen molar-refractivity contribution in [3.63, 3.8) is 0 Å². The molecule has 0 aliphatic rings. The predicted molar refractivity (Wildman–Crippen MR) is 74.1 cm³/mol. The van der Waals surface area contributed by atoms with Gasteiger partial charge in [0.15, 0.2) is 5.13 Å². The predicted octanol–water partition coefficient (Wildman–Crippen LogP) is 2.47. The van der Waals surface area contributed by atoms with Crippen molar-refractivity contribution in [3.05, 3.63) is 11.1 Å². The van der Waals surface area contributed by atoms with E-state index in [0.29, 0.717) is 18.2 Å². The van der Waals surface area contributed by atoms with Crippen LogP contribution in [-0.2, 0) is 0 Å². The number of hydrogen-bond donors (Lipinski definition) is 2. The molecular weight excluding hydrogens is 250 g/mol. The van der Waals surface area contributed by atoms with E-state index in [1.54, 1.807) is 11.1 Å². The quantitative estimate of drug-likeness (QED) is 0.749. The normalized spacial score (nSPS) is 10.4. The van der Waals surface area contributed by atoms with Crippen molar-refractivity contribution < 1.29 is 9.90 Å². The third-order valence-electron chi connectivity index (χ3n) is 2.52. The summed E-state index contributed by atoms with van der Waals surface area (Å²) in [6.07, 6.45) is 4.89. The highest BCUT2D eigenvalue weighted by Crippen LogP contribution is 2.17. The zero-order valence-corrected chi connectivity index (χ0v) is 11.8. The van der Waals surface area contributed by atoms with Gasteiger partial charge in [0, 0.05) is 24.2 Å². The third kappa shape index (κ3) is 5.01. The summed E-state index contributed by atoms with van der Waals surface area (Å²) < 4.78 is 0. The minimum absolute atomic E-state index is 0.0174. The van der Waals surface area contributed by atoms with Gasteiger partial charge in [-0.1, -0.05) is 19.8 Å². The fourth-order valence-electron chi connectivity index (χ4n) is 1.57. The van der Waals surface area contributed by atoms with Gasteiger partial charge >= 0.3 is 6.03 Å². The Labute approximate surface area is 112 Å². The summed E-state index contributed by atoms with van der Waals surface area (Å²) in [7, 11) is 0. The number of rotatable bonds is 7. The largest absolute Gasteiger partial charge is 0.395 e. The Balaban J connectivity index is 2.47. The van der Waals surface area contributed by atoms with E-state index in [4.69, 9.17) is 5.11 Å². The number of carbonyl (C=O) groups is 1. The number of carbonyl (C=O) groups excluding carboxylic acids is 1. The molecule has 0 aliphatic heterocycles. The number of urea groups is 1. The molecule has 0 saturated heterocycles. The van der Waals surface area contributed by atoms with Crippen LogP contribution in [0.1, 0.15) is 31.1 Å². The van der Waals surface area contributed by atoms with Crippen molar-refractivity contribution in [2.24, 2.45) is 0 Å². The monoisotopic (exact) mass is 271 g/mol. The number of nitrogens with one attached hydrogen (secondary N) is 1. The standard InChI is InChI=1S/C12H21N3O2S/c1-3-4-5-6-15(7-8-16)12(17)14-11-13-9-10(2)18-11/h9,16H,3-8H2,1-2H3,(H,13,14,17). The van der Waals surface area contributed by atoms with Crippen LogP contribution in [0.3, 0.4) is 0 Å². The van der Waals surface area contributed by atoms with Crippen LogP contribution in [0.2, 0.25) is 0 Å². The van der Waals surface area contributed by atoms with Crippen molar-refractivity contribution in [2.75, 3.05) is 25.0 Å². The molecule has 0 saturated carbocycles. The van der Waals surface area contributed by atoms with E-state index < -0.39 is 0 Å². The van der Waals surface area contributed by atoms with E-state index >= 15 is 0 Å². The van der Waals surface area contributed by atoms with Crippen molar-refractivity contribution >= 4 is 22.5 Å². The first-order valence-electron chi connectivity index (χ1n) is 6.26. The van der Waals surface area contributed by atoms with Gasteiger partial charge in [-0.3, -0.25) is 5.32 Å². The molecule has 0 atom stereocenters. The lowest BCUT2D eigenvalue weighted by Gasteiger charge is -2.21. The second-order valence-corrected chi connectivity index (χ2v) is 5.36. The third-order valence-corrected chi connectivity index (χ3v) is 3.35. The maximum Gasteiger partial charge on any atom is 0.323 e. The molecule has 0 fully saturated rings. The lowest BCUT2D eigenvalue weighted by molar-refractivity contribution is 0.187. The average molecular weight is 271 g/mol. The van der Waals surface area contributed by atoms with Crippen molar-refractivity contribution in [3.8, 4) is 0 Å². The fourth-order valence-corrected chi connectivity index (χ4v) is 2.23. The van der Waals surface area contributed by atoms with Gasteiger partial charge in [0.2, 0.25) is 0 Å². The average Bonchev–Trinajstić information content (AvgIpc) is 2.74. The Morgan fingerprint density at radius 3 is 2.83 bits per heavy atom. The zero-order valence-electron chi connectivity index (χ0n) is 11.0. The van der Waals surface area contributed by atoms with E-state index in [1.807, 2.05) is 6.92 Å². The van der Waals surface area contributed by atoms with Gasteiger partial charge in [-0.15, -0.1) is 11.3 Å². The summed E-state index contributed by atoms with van der Waals surface area (Å²) in [6, 6.07) is -0.186. The highest BCUT2D eigenvalue weighted by atomic mass is 32.1. The van der Waals surface area contributed by atoms with Crippen LogP contribution in [0.15, 0.2) is 6.20 Å². The van der Waals surface area contributed by atoms with E-state index in [1.165, 1.54) is 11.3 Å². The highest BCUT2D eigenvalue weighted by molar-refractivity contribution is 7.15. The Hall–Kier alpha value is -1.14. The number of nitrogens with zero attached hydrogens (tertiary/aromatic N) is 2. The van der Waals surface area contributed by atoms with Gasteiger partial charge in [0.05, 0.1) is 6.61 Å². The summed E-state index contributed by atoms with van der Waals surface area (Å²) in [5, 5.41) is 12.3. The van der Waals surface area contributed by atoms with Gasteiger partial charge in [-0.2, -0.15) is 0 Å². The number of aryl methyl sites for hydroxylation is 1. The van der Waals surface area contributed by atoms with Gasteiger partial charge < -0.3 is 10.0 Å². The van der Waals surface area contributed by atoms with E-state index in [2.05, 4.69) is 17.2 Å². The van der Waals surface area contributed by atoms with Crippen LogP contribution in [0.25, 0.3) is 0 Å². The van der Waals surface area contributed by atoms with Crippen LogP contribution < -0.4 is 5.32 Å². The van der Waals surface area contributed by atoms with Gasteiger partial charge in [0.25, 0.3) is 0 Å². The molecule has 5 nitrogen and oxygen atoms in total. The summed E-state index contributed by atoms with van der Waals surface area (Å²) in [4.78, 5) is 18.8. The second-order valence-electron chi connectivity index (χ2n) is 4.12. The van der Waals surface area contributed by atoms with E-state index in [9.17, 15) is 4.79 Å². The SMILES string of the molecule is CCCCCN(CCO)C(=O)Nc1ncc(C)s1. The van der Waals surface area contributed by atoms with E-state index in [0.717, 1.165) is 24.1 Å². The molecule has 0 spiro atoms. The molecule has 2 amide bonds. The van der Waals surface area contributed by atoms with Crippen LogP contribution in [0.5, 0.6) is 0 Å². The molecule has 0 radical (unpaired) electrons. The molecule has 0 unspecified atom stereocenters. The lowest BCUT2D eigenvalue weighted by Crippen LogP contribution is -2.37. The molecule has 2 N–H and O–H groups in total. The lowest BCUT2D eigenvalue weighted by atomic mass is 10.2. The molecule has 1 aromatic heterocycles. The van der Waals surface area contributed by atoms with Crippen LogP contribution in [-0.4, -0.2) is 40.7 Å². The van der Waals surface area contributed by atoms with Crippen molar-refractivity contribution in [2.45, 2.75) is 33.1 Å². The summed E-state index contributed by atoms with van der Waals surface area (Å²) in [5.74, 6) is 0. The summed E-state index contributed by atoms with van der Waals surface area (Å²) >= 11 is 1.45. The molecule has 18 heavy (non-hydrogen) atoms. The van der Waals surface area contributed by atoms with Crippen molar-refractivity contribution in [1.29, 1.82) is 0 Å².